The Hall–Kier alpha value is -2.46. The average molecular weight is 478 g/mol. The van der Waals surface area contributed by atoms with Crippen LogP contribution in [0.2, 0.25) is 5.02 Å². The van der Waals surface area contributed by atoms with Crippen LogP contribution in [0.4, 0.5) is 5.13 Å². The highest BCUT2D eigenvalue weighted by Gasteiger charge is 2.21. The van der Waals surface area contributed by atoms with Crippen LogP contribution in [-0.4, -0.2) is 50.5 Å². The molecular weight excluding hydrogens is 458 g/mol. The van der Waals surface area contributed by atoms with E-state index in [1.807, 2.05) is 30.3 Å². The lowest BCUT2D eigenvalue weighted by atomic mass is 10.1. The number of aromatic nitrogens is 1. The van der Waals surface area contributed by atoms with Gasteiger partial charge in [0.05, 0.1) is 30.2 Å². The second-order valence-corrected chi connectivity index (χ2v) is 9.87. The first kappa shape index (κ1) is 21.8. The van der Waals surface area contributed by atoms with E-state index < -0.39 is 10.0 Å². The minimum atomic E-state index is -3.87. The number of amides is 1. The monoisotopic (exact) mass is 477 g/mol. The number of hydrogen-bond donors (Lipinski definition) is 1. The topological polar surface area (TPSA) is 88.6 Å². The van der Waals surface area contributed by atoms with E-state index in [1.54, 1.807) is 16.3 Å². The van der Waals surface area contributed by atoms with E-state index in [-0.39, 0.29) is 22.4 Å². The Morgan fingerprint density at radius 3 is 2.61 bits per heavy atom. The highest BCUT2D eigenvalue weighted by Crippen LogP contribution is 2.31. The highest BCUT2D eigenvalue weighted by atomic mass is 35.5. The molecule has 1 saturated heterocycles. The number of ether oxygens (including phenoxy) is 1. The molecule has 7 nitrogen and oxygen atoms in total. The van der Waals surface area contributed by atoms with E-state index in [1.165, 1.54) is 12.1 Å². The Balaban J connectivity index is 1.45. The van der Waals surface area contributed by atoms with Crippen LogP contribution in [0.15, 0.2) is 58.8 Å². The zero-order valence-corrected chi connectivity index (χ0v) is 18.8. The Bertz CT molecular complexity index is 1180. The third kappa shape index (κ3) is 5.24. The van der Waals surface area contributed by atoms with E-state index in [0.29, 0.717) is 37.0 Å². The van der Waals surface area contributed by atoms with Crippen molar-refractivity contribution in [3.8, 4) is 11.1 Å². The maximum Gasteiger partial charge on any atom is 0.263 e. The van der Waals surface area contributed by atoms with Crippen molar-refractivity contribution in [2.24, 2.45) is 0 Å². The number of sulfonamides is 1. The second kappa shape index (κ2) is 9.35. The SMILES string of the molecule is O=C(Cc1csc(NS(=O)(=O)c2ccc(-c3ccccc3)c(Cl)c2)n1)N1CCOCC1. The van der Waals surface area contributed by atoms with Crippen molar-refractivity contribution < 1.29 is 17.9 Å². The van der Waals surface area contributed by atoms with E-state index in [9.17, 15) is 13.2 Å². The van der Waals surface area contributed by atoms with Crippen molar-refractivity contribution in [2.45, 2.75) is 11.3 Å². The predicted molar refractivity (Wildman–Crippen MR) is 121 cm³/mol. The summed E-state index contributed by atoms with van der Waals surface area (Å²) in [7, 11) is -3.87. The van der Waals surface area contributed by atoms with Crippen molar-refractivity contribution in [2.75, 3.05) is 31.0 Å². The molecule has 0 radical (unpaired) electrons. The zero-order valence-electron chi connectivity index (χ0n) is 16.5. The van der Waals surface area contributed by atoms with Crippen LogP contribution in [0.1, 0.15) is 5.69 Å². The van der Waals surface area contributed by atoms with Gasteiger partial charge in [-0.15, -0.1) is 11.3 Å². The number of anilines is 1. The van der Waals surface area contributed by atoms with Crippen molar-refractivity contribution in [1.82, 2.24) is 9.88 Å². The number of halogens is 1. The van der Waals surface area contributed by atoms with Gasteiger partial charge in [-0.2, -0.15) is 0 Å². The third-order valence-electron chi connectivity index (χ3n) is 4.81. The molecule has 3 aromatic rings. The Kier molecular flexibility index (Phi) is 6.57. The summed E-state index contributed by atoms with van der Waals surface area (Å²) in [6.45, 7) is 2.17. The molecule has 1 aliphatic rings. The van der Waals surface area contributed by atoms with Gasteiger partial charge in [0.2, 0.25) is 5.91 Å². The summed E-state index contributed by atoms with van der Waals surface area (Å²) in [6, 6.07) is 14.1. The number of benzene rings is 2. The summed E-state index contributed by atoms with van der Waals surface area (Å²) in [4.78, 5) is 18.4. The summed E-state index contributed by atoms with van der Waals surface area (Å²) in [5.41, 5.74) is 2.18. The van der Waals surface area contributed by atoms with Gasteiger partial charge < -0.3 is 9.64 Å². The zero-order chi connectivity index (χ0) is 21.8. The van der Waals surface area contributed by atoms with E-state index in [0.717, 1.165) is 22.5 Å². The van der Waals surface area contributed by atoms with Gasteiger partial charge in [0, 0.05) is 29.1 Å². The number of morpholine rings is 1. The molecule has 31 heavy (non-hydrogen) atoms. The smallest absolute Gasteiger partial charge is 0.263 e. The van der Waals surface area contributed by atoms with Crippen LogP contribution >= 0.6 is 22.9 Å². The summed E-state index contributed by atoms with van der Waals surface area (Å²) in [5, 5.41) is 2.22. The molecule has 2 heterocycles. The van der Waals surface area contributed by atoms with Gasteiger partial charge in [-0.3, -0.25) is 9.52 Å². The van der Waals surface area contributed by atoms with Gasteiger partial charge >= 0.3 is 0 Å². The molecule has 0 bridgehead atoms. The van der Waals surface area contributed by atoms with Gasteiger partial charge in [-0.25, -0.2) is 13.4 Å². The first-order chi connectivity index (χ1) is 14.9. The molecule has 1 aliphatic heterocycles. The highest BCUT2D eigenvalue weighted by molar-refractivity contribution is 7.93. The normalized spacial score (nSPS) is 14.4. The van der Waals surface area contributed by atoms with Gasteiger partial charge in [0.1, 0.15) is 0 Å². The molecule has 0 atom stereocenters. The van der Waals surface area contributed by atoms with Crippen molar-refractivity contribution >= 4 is 44.0 Å². The largest absolute Gasteiger partial charge is 0.378 e. The maximum atomic E-state index is 12.8. The molecule has 0 aliphatic carbocycles. The number of thiazole rings is 1. The maximum absolute atomic E-state index is 12.8. The molecule has 1 fully saturated rings. The van der Waals surface area contributed by atoms with E-state index in [2.05, 4.69) is 9.71 Å². The summed E-state index contributed by atoms with van der Waals surface area (Å²) >= 11 is 7.49. The molecule has 162 valence electrons. The second-order valence-electron chi connectivity index (χ2n) is 6.93. The molecule has 1 amide bonds. The van der Waals surface area contributed by atoms with E-state index >= 15 is 0 Å². The Morgan fingerprint density at radius 1 is 1.16 bits per heavy atom. The minimum absolute atomic E-state index is 0.0401. The fourth-order valence-electron chi connectivity index (χ4n) is 3.20. The molecule has 1 aromatic heterocycles. The molecule has 4 rings (SSSR count). The summed E-state index contributed by atoms with van der Waals surface area (Å²) in [6.07, 6.45) is 0.121. The van der Waals surface area contributed by atoms with Crippen molar-refractivity contribution in [3.63, 3.8) is 0 Å². The van der Waals surface area contributed by atoms with Crippen LogP contribution in [-0.2, 0) is 26.0 Å². The van der Waals surface area contributed by atoms with Gasteiger partial charge in [0.15, 0.2) is 5.13 Å². The standard InChI is InChI=1S/C21H20ClN3O4S2/c22-19-13-17(6-7-18(19)15-4-2-1-3-5-15)31(27,28)24-21-23-16(14-30-21)12-20(26)25-8-10-29-11-9-25/h1-7,13-14H,8-12H2,(H,23,24). The van der Waals surface area contributed by atoms with E-state index in [4.69, 9.17) is 16.3 Å². The number of nitrogens with zero attached hydrogens (tertiary/aromatic N) is 2. The number of nitrogens with one attached hydrogen (secondary N) is 1. The number of carbonyl (C=O) groups is 1. The lowest BCUT2D eigenvalue weighted by molar-refractivity contribution is -0.134. The molecule has 2 aromatic carbocycles. The lowest BCUT2D eigenvalue weighted by Crippen LogP contribution is -2.41. The molecule has 10 heteroatoms. The van der Waals surface area contributed by atoms with Crippen molar-refractivity contribution in [1.29, 1.82) is 0 Å². The van der Waals surface area contributed by atoms with Crippen LogP contribution in [0, 0.1) is 0 Å². The first-order valence-electron chi connectivity index (χ1n) is 9.60. The summed E-state index contributed by atoms with van der Waals surface area (Å²) in [5.74, 6) is -0.0497. The number of hydrogen-bond acceptors (Lipinski definition) is 6. The number of carbonyl (C=O) groups excluding carboxylic acids is 1. The Morgan fingerprint density at radius 2 is 1.90 bits per heavy atom. The van der Waals surface area contributed by atoms with Crippen molar-refractivity contribution in [3.05, 3.63) is 64.6 Å². The Labute approximate surface area is 189 Å². The fourth-order valence-corrected chi connectivity index (χ4v) is 5.55. The van der Waals surface area contributed by atoms with Crippen LogP contribution in [0.5, 0.6) is 0 Å². The lowest BCUT2D eigenvalue weighted by Gasteiger charge is -2.26. The quantitative estimate of drug-likeness (QED) is 0.585. The first-order valence-corrected chi connectivity index (χ1v) is 12.3. The molecule has 1 N–H and O–H groups in total. The molecule has 0 saturated carbocycles. The van der Waals surface area contributed by atoms with Gasteiger partial charge in [-0.1, -0.05) is 48.0 Å². The number of rotatable bonds is 6. The van der Waals surface area contributed by atoms with Crippen LogP contribution < -0.4 is 4.72 Å². The minimum Gasteiger partial charge on any atom is -0.378 e. The van der Waals surface area contributed by atoms with Crippen LogP contribution in [0.25, 0.3) is 11.1 Å². The molecular formula is C21H20ClN3O4S2. The predicted octanol–water partition coefficient (Wildman–Crippen LogP) is 3.67. The fraction of sp³-hybridized carbons (Fsp3) is 0.238. The molecule has 0 spiro atoms. The average Bonchev–Trinajstić information content (AvgIpc) is 3.20. The van der Waals surface area contributed by atoms with Crippen LogP contribution in [0.3, 0.4) is 0 Å². The van der Waals surface area contributed by atoms with Gasteiger partial charge in [0.25, 0.3) is 10.0 Å². The summed E-state index contributed by atoms with van der Waals surface area (Å²) < 4.78 is 33.3. The van der Waals surface area contributed by atoms with Gasteiger partial charge in [-0.05, 0) is 17.7 Å². The third-order valence-corrected chi connectivity index (χ3v) is 7.39. The molecule has 0 unspecified atom stereocenters.